The Balaban J connectivity index is 2.11. The van der Waals surface area contributed by atoms with Gasteiger partial charge in [0.2, 0.25) is 5.91 Å². The summed E-state index contributed by atoms with van der Waals surface area (Å²) in [4.78, 5) is 59.3. The van der Waals surface area contributed by atoms with Crippen LogP contribution in [0.1, 0.15) is 6.92 Å². The molecule has 0 saturated heterocycles. The number of aliphatic carboxylic acids is 2. The van der Waals surface area contributed by atoms with Gasteiger partial charge in [0.05, 0.1) is 0 Å². The highest BCUT2D eigenvalue weighted by Gasteiger charge is 2.41. The molecule has 0 bridgehead atoms. The first-order valence-electron chi connectivity index (χ1n) is 7.58. The van der Waals surface area contributed by atoms with Crippen LogP contribution in [0.4, 0.5) is 0 Å². The number of hydrogen-bond donors (Lipinski definition) is 4. The zero-order chi connectivity index (χ0) is 19.6. The molecular weight excluding hydrogens is 350 g/mol. The predicted molar refractivity (Wildman–Crippen MR) is 83.3 cm³/mol. The molecule has 0 spiro atoms. The van der Waals surface area contributed by atoms with E-state index < -0.39 is 60.6 Å². The molecule has 11 nitrogen and oxygen atoms in total. The Kier molecular flexibility index (Phi) is 5.53. The largest absolute Gasteiger partial charge is 0.480 e. The van der Waals surface area contributed by atoms with Crippen LogP contribution in [-0.4, -0.2) is 85.7 Å². The van der Waals surface area contributed by atoms with E-state index in [4.69, 9.17) is 0 Å². The Morgan fingerprint density at radius 3 is 2.08 bits per heavy atom. The number of amides is 3. The van der Waals surface area contributed by atoms with Crippen LogP contribution in [0.15, 0.2) is 24.3 Å². The van der Waals surface area contributed by atoms with E-state index in [0.29, 0.717) is 4.90 Å². The standard InChI is InChI=1S/C15H17N3O8/c1-7(13(15(25)26)18-11(21)4-5-12(18)22)16-6-8(14(23)24)17-9(19)2-3-10(17)20/h2-5,7-8,11,13,16,21H,6H2,1H3,(H,23,24)(H,25,26)/t7-,8-,11?,13-/m0/s1. The molecule has 140 valence electrons. The molecule has 0 aliphatic carbocycles. The van der Waals surface area contributed by atoms with Gasteiger partial charge in [-0.05, 0) is 13.0 Å². The maximum absolute atomic E-state index is 11.8. The predicted octanol–water partition coefficient (Wildman–Crippen LogP) is -2.49. The Labute approximate surface area is 147 Å². The first-order chi connectivity index (χ1) is 12.1. The van der Waals surface area contributed by atoms with Gasteiger partial charge in [-0.2, -0.15) is 0 Å². The second-order valence-electron chi connectivity index (χ2n) is 5.73. The SMILES string of the molecule is C[C@H](NC[C@@H](C(=O)O)N1C(=O)C=CC1=O)[C@@H](C(=O)O)N1C(=O)C=CC1O. The zero-order valence-corrected chi connectivity index (χ0v) is 13.6. The highest BCUT2D eigenvalue weighted by molar-refractivity contribution is 6.14. The van der Waals surface area contributed by atoms with Crippen molar-refractivity contribution < 1.29 is 39.3 Å². The summed E-state index contributed by atoms with van der Waals surface area (Å²) in [5.41, 5.74) is 0. The third kappa shape index (κ3) is 3.63. The normalized spacial score (nSPS) is 22.8. The van der Waals surface area contributed by atoms with Gasteiger partial charge in [-0.1, -0.05) is 0 Å². The van der Waals surface area contributed by atoms with Crippen molar-refractivity contribution in [1.82, 2.24) is 15.1 Å². The number of carboxylic acids is 2. The summed E-state index contributed by atoms with van der Waals surface area (Å²) in [6.07, 6.45) is 2.60. The summed E-state index contributed by atoms with van der Waals surface area (Å²) >= 11 is 0. The van der Waals surface area contributed by atoms with Crippen LogP contribution in [0, 0.1) is 0 Å². The Morgan fingerprint density at radius 2 is 1.65 bits per heavy atom. The number of aliphatic hydroxyl groups excluding tert-OH is 1. The van der Waals surface area contributed by atoms with Gasteiger partial charge in [-0.3, -0.25) is 24.2 Å². The molecule has 2 rings (SSSR count). The van der Waals surface area contributed by atoms with Gasteiger partial charge in [0.15, 0.2) is 0 Å². The minimum atomic E-state index is -1.56. The van der Waals surface area contributed by atoms with Crippen molar-refractivity contribution in [3.8, 4) is 0 Å². The Morgan fingerprint density at radius 1 is 1.08 bits per heavy atom. The molecule has 26 heavy (non-hydrogen) atoms. The molecule has 2 aliphatic rings. The molecule has 0 radical (unpaired) electrons. The van der Waals surface area contributed by atoms with Crippen LogP contribution in [0.3, 0.4) is 0 Å². The first-order valence-corrected chi connectivity index (χ1v) is 7.58. The number of hydrogen-bond acceptors (Lipinski definition) is 7. The second kappa shape index (κ2) is 7.45. The average Bonchev–Trinajstić information content (AvgIpc) is 3.04. The lowest BCUT2D eigenvalue weighted by atomic mass is 10.1. The molecule has 0 aromatic rings. The fraction of sp³-hybridized carbons (Fsp3) is 0.400. The van der Waals surface area contributed by atoms with E-state index in [2.05, 4.69) is 5.32 Å². The number of rotatable bonds is 8. The molecule has 2 aliphatic heterocycles. The minimum Gasteiger partial charge on any atom is -0.480 e. The molecule has 1 unspecified atom stereocenters. The fourth-order valence-corrected chi connectivity index (χ4v) is 2.77. The molecule has 2 heterocycles. The van der Waals surface area contributed by atoms with Gasteiger partial charge in [-0.25, -0.2) is 9.59 Å². The number of carbonyl (C=O) groups excluding carboxylic acids is 3. The summed E-state index contributed by atoms with van der Waals surface area (Å²) in [6, 6.07) is -4.04. The van der Waals surface area contributed by atoms with Crippen LogP contribution < -0.4 is 5.32 Å². The zero-order valence-electron chi connectivity index (χ0n) is 13.6. The summed E-state index contributed by atoms with van der Waals surface area (Å²) < 4.78 is 0. The number of nitrogens with one attached hydrogen (secondary N) is 1. The van der Waals surface area contributed by atoms with Crippen molar-refractivity contribution in [1.29, 1.82) is 0 Å². The second-order valence-corrected chi connectivity index (χ2v) is 5.73. The van der Waals surface area contributed by atoms with Gasteiger partial charge in [-0.15, -0.1) is 0 Å². The van der Waals surface area contributed by atoms with Gasteiger partial charge in [0.25, 0.3) is 11.8 Å². The number of imide groups is 1. The quantitative estimate of drug-likeness (QED) is 0.340. The maximum atomic E-state index is 11.8. The number of nitrogens with zero attached hydrogens (tertiary/aromatic N) is 2. The molecular formula is C15H17N3O8. The molecule has 0 aromatic carbocycles. The van der Waals surface area contributed by atoms with Crippen LogP contribution in [0.5, 0.6) is 0 Å². The molecule has 0 fully saturated rings. The first kappa shape index (κ1) is 19.3. The maximum Gasteiger partial charge on any atom is 0.328 e. The third-order valence-electron chi connectivity index (χ3n) is 4.05. The molecule has 11 heteroatoms. The Bertz CT molecular complexity index is 698. The van der Waals surface area contributed by atoms with Crippen LogP contribution in [-0.2, 0) is 24.0 Å². The van der Waals surface area contributed by atoms with Crippen molar-refractivity contribution in [2.24, 2.45) is 0 Å². The Hall–Kier alpha value is -3.05. The summed E-state index contributed by atoms with van der Waals surface area (Å²) in [7, 11) is 0. The van der Waals surface area contributed by atoms with E-state index in [9.17, 15) is 39.3 Å². The molecule has 0 aromatic heterocycles. The van der Waals surface area contributed by atoms with Gasteiger partial charge in [0.1, 0.15) is 18.3 Å². The third-order valence-corrected chi connectivity index (χ3v) is 4.05. The monoisotopic (exact) mass is 367 g/mol. The van der Waals surface area contributed by atoms with Gasteiger partial charge in [0, 0.05) is 30.8 Å². The van der Waals surface area contributed by atoms with E-state index >= 15 is 0 Å². The van der Waals surface area contributed by atoms with E-state index in [-0.39, 0.29) is 0 Å². The molecule has 3 amide bonds. The minimum absolute atomic E-state index is 0.439. The lowest BCUT2D eigenvalue weighted by molar-refractivity contribution is -0.155. The smallest absolute Gasteiger partial charge is 0.328 e. The number of aliphatic hydroxyl groups is 1. The van der Waals surface area contributed by atoms with E-state index in [1.54, 1.807) is 0 Å². The summed E-state index contributed by atoms with van der Waals surface area (Å²) in [6.45, 7) is 0.937. The highest BCUT2D eigenvalue weighted by atomic mass is 16.4. The van der Waals surface area contributed by atoms with Crippen molar-refractivity contribution in [2.45, 2.75) is 31.3 Å². The van der Waals surface area contributed by atoms with E-state index in [1.165, 1.54) is 6.92 Å². The summed E-state index contributed by atoms with van der Waals surface area (Å²) in [5.74, 6) is -5.16. The lowest BCUT2D eigenvalue weighted by Crippen LogP contribution is -2.59. The van der Waals surface area contributed by atoms with Crippen molar-refractivity contribution in [2.75, 3.05) is 6.54 Å². The van der Waals surface area contributed by atoms with Crippen LogP contribution >= 0.6 is 0 Å². The average molecular weight is 367 g/mol. The van der Waals surface area contributed by atoms with Crippen LogP contribution in [0.2, 0.25) is 0 Å². The topological polar surface area (TPSA) is 165 Å². The van der Waals surface area contributed by atoms with Crippen molar-refractivity contribution in [3.63, 3.8) is 0 Å². The highest BCUT2D eigenvalue weighted by Crippen LogP contribution is 2.17. The lowest BCUT2D eigenvalue weighted by Gasteiger charge is -2.33. The molecule has 0 saturated carbocycles. The number of carboxylic acid groups (broad SMARTS) is 2. The fourth-order valence-electron chi connectivity index (χ4n) is 2.77. The van der Waals surface area contributed by atoms with Crippen LogP contribution in [0.25, 0.3) is 0 Å². The van der Waals surface area contributed by atoms with Crippen molar-refractivity contribution >= 4 is 29.7 Å². The van der Waals surface area contributed by atoms with E-state index in [0.717, 1.165) is 29.2 Å². The van der Waals surface area contributed by atoms with Gasteiger partial charge < -0.3 is 20.6 Å². The summed E-state index contributed by atoms with van der Waals surface area (Å²) in [5, 5.41) is 31.0. The number of carbonyl (C=O) groups is 5. The molecule has 4 atom stereocenters. The van der Waals surface area contributed by atoms with Gasteiger partial charge >= 0.3 is 11.9 Å². The van der Waals surface area contributed by atoms with Crippen molar-refractivity contribution in [3.05, 3.63) is 24.3 Å². The van der Waals surface area contributed by atoms with E-state index in [1.807, 2.05) is 0 Å². The molecule has 4 N–H and O–H groups in total.